The van der Waals surface area contributed by atoms with Crippen LogP contribution < -0.4 is 0 Å². The number of piperidine rings is 1. The molecule has 1 unspecified atom stereocenters. The van der Waals surface area contributed by atoms with Crippen molar-refractivity contribution in [1.29, 1.82) is 0 Å². The van der Waals surface area contributed by atoms with Gasteiger partial charge in [0.25, 0.3) is 0 Å². The van der Waals surface area contributed by atoms with E-state index < -0.39 is 0 Å². The van der Waals surface area contributed by atoms with Crippen LogP contribution in [0.5, 0.6) is 0 Å². The molecule has 1 aliphatic heterocycles. The number of nitrogens with zero attached hydrogens (tertiary/aromatic N) is 2. The number of likely N-dealkylation sites (tertiary alicyclic amines) is 1. The molecule has 100 valence electrons. The average Bonchev–Trinajstić information content (AvgIpc) is 2.27. The van der Waals surface area contributed by atoms with Gasteiger partial charge in [0.05, 0.1) is 0 Å². The number of halogens is 2. The van der Waals surface area contributed by atoms with Gasteiger partial charge in [0.15, 0.2) is 0 Å². The van der Waals surface area contributed by atoms with E-state index in [1.54, 1.807) is 6.07 Å². The van der Waals surface area contributed by atoms with Crippen LogP contribution in [0.25, 0.3) is 0 Å². The summed E-state index contributed by atoms with van der Waals surface area (Å²) in [6.45, 7) is 3.01. The summed E-state index contributed by atoms with van der Waals surface area (Å²) in [5.41, 5.74) is 1.04. The Bertz CT molecular complexity index is 389. The molecule has 0 radical (unpaired) electrons. The smallest absolute Gasteiger partial charge is 0.124 e. The van der Waals surface area contributed by atoms with E-state index in [1.165, 1.54) is 18.9 Å². The van der Waals surface area contributed by atoms with E-state index in [-0.39, 0.29) is 5.82 Å². The number of hydrogen-bond donors (Lipinski definition) is 0. The molecule has 2 nitrogen and oxygen atoms in total. The molecule has 18 heavy (non-hydrogen) atoms. The van der Waals surface area contributed by atoms with Crippen LogP contribution in [-0.4, -0.2) is 43.0 Å². The predicted molar refractivity (Wildman–Crippen MR) is 76.1 cm³/mol. The molecule has 0 spiro atoms. The van der Waals surface area contributed by atoms with Crippen molar-refractivity contribution in [2.45, 2.75) is 25.4 Å². The Morgan fingerprint density at radius 1 is 1.39 bits per heavy atom. The molecule has 1 aromatic carbocycles. The number of likely N-dealkylation sites (N-methyl/N-ethyl adjacent to an activating group) is 1. The number of benzene rings is 1. The summed E-state index contributed by atoms with van der Waals surface area (Å²) >= 11 is 3.35. The van der Waals surface area contributed by atoms with Gasteiger partial charge in [-0.3, -0.25) is 4.90 Å². The van der Waals surface area contributed by atoms with E-state index in [4.69, 9.17) is 0 Å². The van der Waals surface area contributed by atoms with Crippen LogP contribution in [0.2, 0.25) is 0 Å². The van der Waals surface area contributed by atoms with Gasteiger partial charge in [-0.1, -0.05) is 15.9 Å². The minimum absolute atomic E-state index is 0.166. The largest absolute Gasteiger partial charge is 0.305 e. The van der Waals surface area contributed by atoms with Gasteiger partial charge < -0.3 is 4.90 Å². The van der Waals surface area contributed by atoms with Gasteiger partial charge in [-0.15, -0.1) is 0 Å². The van der Waals surface area contributed by atoms with Crippen molar-refractivity contribution in [1.82, 2.24) is 9.80 Å². The highest BCUT2D eigenvalue weighted by molar-refractivity contribution is 9.10. The predicted octanol–water partition coefficient (Wildman–Crippen LogP) is 3.11. The van der Waals surface area contributed by atoms with Gasteiger partial charge in [0, 0.05) is 23.6 Å². The van der Waals surface area contributed by atoms with E-state index in [0.717, 1.165) is 29.7 Å². The summed E-state index contributed by atoms with van der Waals surface area (Å²) in [5, 5.41) is 0. The molecule has 1 saturated heterocycles. The molecule has 0 amide bonds. The average molecular weight is 315 g/mol. The second kappa shape index (κ2) is 6.13. The molecule has 0 aromatic heterocycles. The summed E-state index contributed by atoms with van der Waals surface area (Å²) in [6, 6.07) is 5.75. The lowest BCUT2D eigenvalue weighted by atomic mass is 10.0. The maximum absolute atomic E-state index is 13.3. The Hall–Kier alpha value is -0.450. The van der Waals surface area contributed by atoms with Gasteiger partial charge in [0.2, 0.25) is 0 Å². The first kappa shape index (κ1) is 14.0. The molecule has 1 aliphatic rings. The first-order chi connectivity index (χ1) is 8.54. The summed E-state index contributed by atoms with van der Waals surface area (Å²) in [5.74, 6) is -0.166. The first-order valence-electron chi connectivity index (χ1n) is 6.38. The normalized spacial score (nSPS) is 21.5. The lowest BCUT2D eigenvalue weighted by Crippen LogP contribution is -2.44. The van der Waals surface area contributed by atoms with Gasteiger partial charge in [-0.2, -0.15) is 0 Å². The maximum Gasteiger partial charge on any atom is 0.124 e. The SMILES string of the molecule is CN(C)C1CCCN(Cc2cc(F)cc(Br)c2)C1. The Labute approximate surface area is 117 Å². The fraction of sp³-hybridized carbons (Fsp3) is 0.571. The molecule has 0 saturated carbocycles. The fourth-order valence-electron chi connectivity index (χ4n) is 2.56. The zero-order valence-corrected chi connectivity index (χ0v) is 12.6. The van der Waals surface area contributed by atoms with Gasteiger partial charge in [0.1, 0.15) is 5.82 Å². The topological polar surface area (TPSA) is 6.48 Å². The maximum atomic E-state index is 13.3. The lowest BCUT2D eigenvalue weighted by Gasteiger charge is -2.36. The van der Waals surface area contributed by atoms with Crippen molar-refractivity contribution in [3.63, 3.8) is 0 Å². The van der Waals surface area contributed by atoms with Crippen LogP contribution in [0.15, 0.2) is 22.7 Å². The quantitative estimate of drug-likeness (QED) is 0.846. The van der Waals surface area contributed by atoms with Gasteiger partial charge >= 0.3 is 0 Å². The highest BCUT2D eigenvalue weighted by atomic mass is 79.9. The molecule has 1 atom stereocenters. The van der Waals surface area contributed by atoms with Gasteiger partial charge in [-0.05, 0) is 57.2 Å². The fourth-order valence-corrected chi connectivity index (χ4v) is 3.07. The minimum Gasteiger partial charge on any atom is -0.305 e. The van der Waals surface area contributed by atoms with Crippen LogP contribution in [0, 0.1) is 5.82 Å². The van der Waals surface area contributed by atoms with E-state index in [9.17, 15) is 4.39 Å². The molecule has 1 fully saturated rings. The monoisotopic (exact) mass is 314 g/mol. The van der Waals surface area contributed by atoms with Crippen molar-refractivity contribution in [2.75, 3.05) is 27.2 Å². The standard InChI is InChI=1S/C14H20BrFN2/c1-17(2)14-4-3-5-18(10-14)9-11-6-12(15)8-13(16)7-11/h6-8,14H,3-5,9-10H2,1-2H3. The molecular weight excluding hydrogens is 295 g/mol. The van der Waals surface area contributed by atoms with Crippen LogP contribution in [-0.2, 0) is 6.54 Å². The third kappa shape index (κ3) is 3.77. The molecule has 0 aliphatic carbocycles. The number of rotatable bonds is 3. The Morgan fingerprint density at radius 3 is 2.83 bits per heavy atom. The molecule has 0 N–H and O–H groups in total. The second-order valence-corrected chi connectivity index (χ2v) is 6.19. The first-order valence-corrected chi connectivity index (χ1v) is 7.17. The van der Waals surface area contributed by atoms with Crippen molar-refractivity contribution in [3.8, 4) is 0 Å². The summed E-state index contributed by atoms with van der Waals surface area (Å²) in [4.78, 5) is 4.70. The molecule has 1 aromatic rings. The van der Waals surface area contributed by atoms with Crippen molar-refractivity contribution < 1.29 is 4.39 Å². The van der Waals surface area contributed by atoms with E-state index in [2.05, 4.69) is 39.8 Å². The second-order valence-electron chi connectivity index (χ2n) is 5.27. The van der Waals surface area contributed by atoms with E-state index >= 15 is 0 Å². The molecule has 2 rings (SSSR count). The highest BCUT2D eigenvalue weighted by Crippen LogP contribution is 2.19. The van der Waals surface area contributed by atoms with Crippen LogP contribution in [0.3, 0.4) is 0 Å². The van der Waals surface area contributed by atoms with Crippen molar-refractivity contribution in [3.05, 3.63) is 34.1 Å². The van der Waals surface area contributed by atoms with Crippen molar-refractivity contribution >= 4 is 15.9 Å². The third-order valence-electron chi connectivity index (χ3n) is 3.54. The number of hydrogen-bond acceptors (Lipinski definition) is 2. The highest BCUT2D eigenvalue weighted by Gasteiger charge is 2.21. The van der Waals surface area contributed by atoms with E-state index in [1.807, 2.05) is 6.07 Å². The lowest BCUT2D eigenvalue weighted by molar-refractivity contribution is 0.128. The minimum atomic E-state index is -0.166. The van der Waals surface area contributed by atoms with Gasteiger partial charge in [-0.25, -0.2) is 4.39 Å². The van der Waals surface area contributed by atoms with Crippen LogP contribution in [0.1, 0.15) is 18.4 Å². The van der Waals surface area contributed by atoms with E-state index in [0.29, 0.717) is 6.04 Å². The Balaban J connectivity index is 2.00. The van der Waals surface area contributed by atoms with Crippen LogP contribution >= 0.6 is 15.9 Å². The summed E-state index contributed by atoms with van der Waals surface area (Å²) in [6.07, 6.45) is 2.48. The molecule has 1 heterocycles. The summed E-state index contributed by atoms with van der Waals surface area (Å²) in [7, 11) is 4.26. The third-order valence-corrected chi connectivity index (χ3v) is 4.00. The molecule has 4 heteroatoms. The van der Waals surface area contributed by atoms with Crippen molar-refractivity contribution in [2.24, 2.45) is 0 Å². The zero-order valence-electron chi connectivity index (χ0n) is 11.0. The summed E-state index contributed by atoms with van der Waals surface area (Å²) < 4.78 is 14.1. The van der Waals surface area contributed by atoms with Crippen LogP contribution in [0.4, 0.5) is 4.39 Å². The zero-order chi connectivity index (χ0) is 13.1. The Morgan fingerprint density at radius 2 is 2.17 bits per heavy atom. The Kier molecular flexibility index (Phi) is 4.76. The molecular formula is C14H20BrFN2. The molecule has 0 bridgehead atoms.